The highest BCUT2D eigenvalue weighted by atomic mass is 79.9. The van der Waals surface area contributed by atoms with Gasteiger partial charge in [-0.3, -0.25) is 4.79 Å². The van der Waals surface area contributed by atoms with E-state index in [1.807, 2.05) is 18.7 Å². The van der Waals surface area contributed by atoms with Gasteiger partial charge in [-0.1, -0.05) is 35.2 Å². The summed E-state index contributed by atoms with van der Waals surface area (Å²) in [4.78, 5) is 14.0. The maximum absolute atomic E-state index is 12.0. The second-order valence-electron chi connectivity index (χ2n) is 4.53. The number of hydrogen-bond donors (Lipinski definition) is 0. The van der Waals surface area contributed by atoms with E-state index in [0.29, 0.717) is 0 Å². The Balaban J connectivity index is 2.51. The van der Waals surface area contributed by atoms with Crippen molar-refractivity contribution in [2.24, 2.45) is 0 Å². The molecule has 82 valence electrons. The topological polar surface area (TPSA) is 20.3 Å². The first-order valence-corrected chi connectivity index (χ1v) is 6.29. The van der Waals surface area contributed by atoms with Crippen molar-refractivity contribution in [1.29, 1.82) is 0 Å². The van der Waals surface area contributed by atoms with E-state index in [0.717, 1.165) is 25.9 Å². The molecule has 0 bridgehead atoms. The Morgan fingerprint density at radius 1 is 1.07 bits per heavy atom. The lowest BCUT2D eigenvalue weighted by molar-refractivity contribution is -0.133. The van der Waals surface area contributed by atoms with Crippen LogP contribution in [0.1, 0.15) is 46.0 Å². The Morgan fingerprint density at radius 3 is 1.93 bits per heavy atom. The summed E-state index contributed by atoms with van der Waals surface area (Å²) in [5.41, 5.74) is 0. The van der Waals surface area contributed by atoms with Crippen molar-refractivity contribution in [2.75, 3.05) is 13.1 Å². The lowest BCUT2D eigenvalue weighted by atomic mass is 10.1. The molecular weight excluding hydrogens is 242 g/mol. The molecule has 0 aromatic carbocycles. The Hall–Kier alpha value is -0.0500. The zero-order valence-electron chi connectivity index (χ0n) is 9.18. The first-order chi connectivity index (χ1) is 6.52. The number of hydrogen-bond acceptors (Lipinski definition) is 1. The molecule has 0 aromatic heterocycles. The van der Waals surface area contributed by atoms with Crippen LogP contribution in [0.25, 0.3) is 0 Å². The molecule has 1 fully saturated rings. The van der Waals surface area contributed by atoms with Crippen LogP contribution in [0.4, 0.5) is 0 Å². The molecule has 0 atom stereocenters. The van der Waals surface area contributed by atoms with Crippen LogP contribution in [0, 0.1) is 0 Å². The van der Waals surface area contributed by atoms with Gasteiger partial charge in [-0.25, -0.2) is 0 Å². The fourth-order valence-corrected chi connectivity index (χ4v) is 2.08. The maximum Gasteiger partial charge on any atom is 0.238 e. The van der Waals surface area contributed by atoms with Gasteiger partial charge in [-0.05, 0) is 26.7 Å². The minimum absolute atomic E-state index is 0.236. The van der Waals surface area contributed by atoms with Crippen molar-refractivity contribution >= 4 is 21.8 Å². The van der Waals surface area contributed by atoms with E-state index < -0.39 is 4.32 Å². The highest BCUT2D eigenvalue weighted by Crippen LogP contribution is 2.21. The van der Waals surface area contributed by atoms with Crippen molar-refractivity contribution < 1.29 is 4.79 Å². The van der Waals surface area contributed by atoms with Crippen LogP contribution in [-0.4, -0.2) is 28.2 Å². The highest BCUT2D eigenvalue weighted by molar-refractivity contribution is 9.10. The molecular formula is C11H20BrNO. The van der Waals surface area contributed by atoms with Gasteiger partial charge in [0.05, 0.1) is 4.32 Å². The molecule has 1 aliphatic rings. The van der Waals surface area contributed by atoms with E-state index in [2.05, 4.69) is 15.9 Å². The van der Waals surface area contributed by atoms with Gasteiger partial charge in [0, 0.05) is 13.1 Å². The molecule has 0 radical (unpaired) electrons. The molecule has 0 N–H and O–H groups in total. The third-order valence-corrected chi connectivity index (χ3v) is 2.99. The highest BCUT2D eigenvalue weighted by Gasteiger charge is 2.28. The van der Waals surface area contributed by atoms with E-state index in [9.17, 15) is 4.79 Å². The first kappa shape index (κ1) is 12.0. The summed E-state index contributed by atoms with van der Waals surface area (Å²) in [7, 11) is 0. The molecule has 3 heteroatoms. The Bertz CT molecular complexity index is 190. The van der Waals surface area contributed by atoms with Gasteiger partial charge in [0.25, 0.3) is 0 Å². The number of amides is 1. The third kappa shape index (κ3) is 3.60. The largest absolute Gasteiger partial charge is 0.342 e. The molecule has 14 heavy (non-hydrogen) atoms. The van der Waals surface area contributed by atoms with Crippen molar-refractivity contribution in [3.8, 4) is 0 Å². The standard InChI is InChI=1S/C11H20BrNO/c1-11(2,12)10(14)13-8-6-4-3-5-7-9-13/h3-9H2,1-2H3. The summed E-state index contributed by atoms with van der Waals surface area (Å²) in [5.74, 6) is 0.236. The second-order valence-corrected chi connectivity index (χ2v) is 6.51. The zero-order valence-corrected chi connectivity index (χ0v) is 10.8. The minimum Gasteiger partial charge on any atom is -0.342 e. The van der Waals surface area contributed by atoms with Gasteiger partial charge < -0.3 is 4.90 Å². The van der Waals surface area contributed by atoms with Crippen LogP contribution in [-0.2, 0) is 4.79 Å². The Kier molecular flexibility index (Phi) is 4.42. The molecule has 0 unspecified atom stereocenters. The fourth-order valence-electron chi connectivity index (χ4n) is 1.83. The molecule has 1 aliphatic heterocycles. The van der Waals surface area contributed by atoms with E-state index in [-0.39, 0.29) is 5.91 Å². The van der Waals surface area contributed by atoms with E-state index in [1.54, 1.807) is 0 Å². The smallest absolute Gasteiger partial charge is 0.238 e. The molecule has 2 nitrogen and oxygen atoms in total. The normalized spacial score (nSPS) is 20.1. The SMILES string of the molecule is CC(C)(Br)C(=O)N1CCCCCCC1. The predicted molar refractivity (Wildman–Crippen MR) is 62.7 cm³/mol. The van der Waals surface area contributed by atoms with Crippen LogP contribution >= 0.6 is 15.9 Å². The lowest BCUT2D eigenvalue weighted by Gasteiger charge is -2.29. The first-order valence-electron chi connectivity index (χ1n) is 5.50. The number of rotatable bonds is 1. The van der Waals surface area contributed by atoms with E-state index in [4.69, 9.17) is 0 Å². The second kappa shape index (κ2) is 5.15. The Labute approximate surface area is 95.2 Å². The van der Waals surface area contributed by atoms with Gasteiger partial charge in [0.15, 0.2) is 0 Å². The summed E-state index contributed by atoms with van der Waals surface area (Å²) in [6.45, 7) is 5.73. The molecule has 1 saturated heterocycles. The summed E-state index contributed by atoms with van der Waals surface area (Å²) in [5, 5.41) is 0. The molecule has 1 amide bonds. The zero-order chi connectivity index (χ0) is 10.6. The lowest BCUT2D eigenvalue weighted by Crippen LogP contribution is -2.43. The number of carbonyl (C=O) groups excluding carboxylic acids is 1. The van der Waals surface area contributed by atoms with Crippen LogP contribution in [0.3, 0.4) is 0 Å². The Morgan fingerprint density at radius 2 is 1.50 bits per heavy atom. The quantitative estimate of drug-likeness (QED) is 0.665. The number of likely N-dealkylation sites (tertiary alicyclic amines) is 1. The van der Waals surface area contributed by atoms with E-state index >= 15 is 0 Å². The van der Waals surface area contributed by atoms with Gasteiger partial charge in [-0.2, -0.15) is 0 Å². The summed E-state index contributed by atoms with van der Waals surface area (Å²) in [6.07, 6.45) is 6.20. The number of alkyl halides is 1. The van der Waals surface area contributed by atoms with Gasteiger partial charge in [0.1, 0.15) is 0 Å². The van der Waals surface area contributed by atoms with Gasteiger partial charge >= 0.3 is 0 Å². The molecule has 0 spiro atoms. The predicted octanol–water partition coefficient (Wildman–Crippen LogP) is 2.95. The summed E-state index contributed by atoms with van der Waals surface area (Å²) in [6, 6.07) is 0. The van der Waals surface area contributed by atoms with Crippen molar-refractivity contribution in [3.05, 3.63) is 0 Å². The van der Waals surface area contributed by atoms with Crippen molar-refractivity contribution in [3.63, 3.8) is 0 Å². The minimum atomic E-state index is -0.397. The van der Waals surface area contributed by atoms with Crippen LogP contribution < -0.4 is 0 Å². The number of halogens is 1. The fraction of sp³-hybridized carbons (Fsp3) is 0.909. The molecule has 1 rings (SSSR count). The monoisotopic (exact) mass is 261 g/mol. The summed E-state index contributed by atoms with van der Waals surface area (Å²) < 4.78 is -0.397. The van der Waals surface area contributed by atoms with E-state index in [1.165, 1.54) is 19.3 Å². The van der Waals surface area contributed by atoms with Gasteiger partial charge in [-0.15, -0.1) is 0 Å². The van der Waals surface area contributed by atoms with Crippen LogP contribution in [0.15, 0.2) is 0 Å². The maximum atomic E-state index is 12.0. The number of carbonyl (C=O) groups is 1. The molecule has 1 heterocycles. The van der Waals surface area contributed by atoms with Gasteiger partial charge in [0.2, 0.25) is 5.91 Å². The van der Waals surface area contributed by atoms with Crippen LogP contribution in [0.2, 0.25) is 0 Å². The number of nitrogens with zero attached hydrogens (tertiary/aromatic N) is 1. The van der Waals surface area contributed by atoms with Crippen molar-refractivity contribution in [1.82, 2.24) is 4.90 Å². The molecule has 0 aliphatic carbocycles. The average Bonchev–Trinajstić information content (AvgIpc) is 2.00. The third-order valence-electron chi connectivity index (χ3n) is 2.65. The van der Waals surface area contributed by atoms with Crippen molar-refractivity contribution in [2.45, 2.75) is 50.3 Å². The molecule has 0 aromatic rings. The molecule has 0 saturated carbocycles. The summed E-state index contributed by atoms with van der Waals surface area (Å²) >= 11 is 3.43. The average molecular weight is 262 g/mol. The van der Waals surface area contributed by atoms with Crippen LogP contribution in [0.5, 0.6) is 0 Å².